The first-order valence-electron chi connectivity index (χ1n) is 16.8. The normalized spacial score (nSPS) is 24.1. The highest BCUT2D eigenvalue weighted by Crippen LogP contribution is 2.49. The highest BCUT2D eigenvalue weighted by atomic mass is 16.6. The summed E-state index contributed by atoms with van der Waals surface area (Å²) in [6.45, 7) is 21.2. The maximum absolute atomic E-state index is 14.4. The SMILES string of the molecule is C=CCCCC1CC1(C)OC(=O)NC(C(=O)N1CC(Oc2nc3cc(OC)ccc3nc2C=C)C(C)C1C(=O)OCC(C)C)C(C)(C)C. The molecule has 2 aromatic rings. The summed E-state index contributed by atoms with van der Waals surface area (Å²) in [4.78, 5) is 52.1. The van der Waals surface area contributed by atoms with E-state index in [2.05, 4.69) is 23.5 Å². The molecule has 6 atom stereocenters. The maximum atomic E-state index is 14.4. The molecule has 1 aliphatic carbocycles. The number of aromatic nitrogens is 2. The van der Waals surface area contributed by atoms with Crippen molar-refractivity contribution in [2.75, 3.05) is 20.3 Å². The molecule has 0 radical (unpaired) electrons. The summed E-state index contributed by atoms with van der Waals surface area (Å²) >= 11 is 0. The van der Waals surface area contributed by atoms with Crippen molar-refractivity contribution in [1.82, 2.24) is 20.2 Å². The van der Waals surface area contributed by atoms with Gasteiger partial charge < -0.3 is 29.2 Å². The zero-order valence-electron chi connectivity index (χ0n) is 29.7. The van der Waals surface area contributed by atoms with Crippen molar-refractivity contribution in [2.24, 2.45) is 23.2 Å². The Morgan fingerprint density at radius 1 is 1.17 bits per heavy atom. The standard InChI is InChI=1S/C37H52N4O7/c1-11-13-14-15-24-19-37(24,9)48-35(44)40-31(36(6,7)8)33(42)41-20-29(23(5)30(41)34(43)46-21-22(3)4)47-32-26(12-2)38-27-17-16-25(45-10)18-28(27)39-32/h11-12,16-18,22-24,29-31H,1-2,13-15,19-21H2,3-10H3,(H,40,44). The first-order chi connectivity index (χ1) is 22.6. The Bertz CT molecular complexity index is 1520. The molecular weight excluding hydrogens is 612 g/mol. The van der Waals surface area contributed by atoms with E-state index in [4.69, 9.17) is 23.9 Å². The van der Waals surface area contributed by atoms with Gasteiger partial charge >= 0.3 is 12.1 Å². The van der Waals surface area contributed by atoms with Crippen LogP contribution >= 0.6 is 0 Å². The summed E-state index contributed by atoms with van der Waals surface area (Å²) < 4.78 is 23.3. The van der Waals surface area contributed by atoms with Crippen molar-refractivity contribution < 1.29 is 33.3 Å². The average molecular weight is 665 g/mol. The van der Waals surface area contributed by atoms with Crippen LogP contribution in [0.25, 0.3) is 17.1 Å². The lowest BCUT2D eigenvalue weighted by Gasteiger charge is -2.35. The lowest BCUT2D eigenvalue weighted by atomic mass is 9.85. The summed E-state index contributed by atoms with van der Waals surface area (Å²) in [6.07, 6.45) is 5.75. The number of amides is 2. The third-order valence-corrected chi connectivity index (χ3v) is 9.22. The minimum atomic E-state index is -0.991. The van der Waals surface area contributed by atoms with Crippen molar-refractivity contribution in [1.29, 1.82) is 0 Å². The van der Waals surface area contributed by atoms with E-state index in [-0.39, 0.29) is 30.9 Å². The predicted octanol–water partition coefficient (Wildman–Crippen LogP) is 6.35. The van der Waals surface area contributed by atoms with Gasteiger partial charge in [-0.15, -0.1) is 6.58 Å². The number of methoxy groups -OCH3 is 1. The Hall–Kier alpha value is -4.15. The molecule has 0 bridgehead atoms. The fraction of sp³-hybridized carbons (Fsp3) is 0.595. The summed E-state index contributed by atoms with van der Waals surface area (Å²) in [5.74, 6) is -0.230. The molecule has 2 fully saturated rings. The molecule has 0 spiro atoms. The number of hydrogen-bond acceptors (Lipinski definition) is 9. The number of allylic oxidation sites excluding steroid dienone is 1. The Morgan fingerprint density at radius 3 is 2.52 bits per heavy atom. The van der Waals surface area contributed by atoms with Gasteiger partial charge in [0.15, 0.2) is 0 Å². The highest BCUT2D eigenvalue weighted by Gasteiger charge is 2.54. The number of alkyl carbamates (subject to hydrolysis) is 1. The Morgan fingerprint density at radius 2 is 1.90 bits per heavy atom. The molecule has 1 saturated heterocycles. The van der Waals surface area contributed by atoms with Crippen LogP contribution in [-0.4, -0.2) is 76.9 Å². The van der Waals surface area contributed by atoms with Gasteiger partial charge in [-0.3, -0.25) is 4.79 Å². The van der Waals surface area contributed by atoms with Crippen LogP contribution in [0.4, 0.5) is 4.79 Å². The zero-order chi connectivity index (χ0) is 35.4. The molecule has 262 valence electrons. The smallest absolute Gasteiger partial charge is 0.408 e. The third-order valence-electron chi connectivity index (χ3n) is 9.22. The minimum Gasteiger partial charge on any atom is -0.497 e. The van der Waals surface area contributed by atoms with Gasteiger partial charge in [0.25, 0.3) is 0 Å². The number of likely N-dealkylation sites (tertiary alicyclic amines) is 1. The largest absolute Gasteiger partial charge is 0.497 e. The number of fused-ring (bicyclic) bond motifs is 1. The molecule has 1 aliphatic heterocycles. The van der Waals surface area contributed by atoms with E-state index in [0.717, 1.165) is 25.7 Å². The highest BCUT2D eigenvalue weighted by molar-refractivity contribution is 5.91. The average Bonchev–Trinajstić information content (AvgIpc) is 3.54. The summed E-state index contributed by atoms with van der Waals surface area (Å²) in [6, 6.07) is 3.40. The van der Waals surface area contributed by atoms with Crippen molar-refractivity contribution in [2.45, 2.75) is 97.9 Å². The van der Waals surface area contributed by atoms with Gasteiger partial charge in [0.2, 0.25) is 11.8 Å². The van der Waals surface area contributed by atoms with Gasteiger partial charge in [-0.1, -0.05) is 54.2 Å². The minimum absolute atomic E-state index is 0.0578. The number of nitrogens with one attached hydrogen (secondary N) is 1. The van der Waals surface area contributed by atoms with Gasteiger partial charge in [-0.05, 0) is 62.1 Å². The third kappa shape index (κ3) is 8.46. The number of ether oxygens (including phenoxy) is 4. The predicted molar refractivity (Wildman–Crippen MR) is 184 cm³/mol. The molecule has 2 aliphatic rings. The molecule has 6 unspecified atom stereocenters. The Kier molecular flexibility index (Phi) is 11.4. The molecule has 1 aromatic heterocycles. The molecule has 48 heavy (non-hydrogen) atoms. The van der Waals surface area contributed by atoms with Crippen molar-refractivity contribution in [3.05, 3.63) is 43.1 Å². The van der Waals surface area contributed by atoms with Gasteiger partial charge in [-0.2, -0.15) is 0 Å². The fourth-order valence-corrected chi connectivity index (χ4v) is 6.18. The number of benzene rings is 1. The van der Waals surface area contributed by atoms with Gasteiger partial charge in [-0.25, -0.2) is 19.6 Å². The first kappa shape index (κ1) is 36.7. The number of esters is 1. The summed E-state index contributed by atoms with van der Waals surface area (Å²) in [7, 11) is 1.57. The van der Waals surface area contributed by atoms with Crippen molar-refractivity contribution >= 4 is 35.1 Å². The molecule has 2 amide bonds. The zero-order valence-corrected chi connectivity index (χ0v) is 29.7. The van der Waals surface area contributed by atoms with Crippen LogP contribution in [0.1, 0.15) is 79.8 Å². The first-order valence-corrected chi connectivity index (χ1v) is 16.8. The van der Waals surface area contributed by atoms with Crippen LogP contribution in [0.2, 0.25) is 0 Å². The summed E-state index contributed by atoms with van der Waals surface area (Å²) in [5.41, 5.74) is 0.339. The van der Waals surface area contributed by atoms with E-state index in [9.17, 15) is 14.4 Å². The number of nitrogens with zero attached hydrogens (tertiary/aromatic N) is 3. The van der Waals surface area contributed by atoms with Gasteiger partial charge in [0.1, 0.15) is 35.2 Å². The molecule has 1 aromatic carbocycles. The molecule has 11 nitrogen and oxygen atoms in total. The number of rotatable bonds is 14. The van der Waals surface area contributed by atoms with E-state index < -0.39 is 53.1 Å². The van der Waals surface area contributed by atoms with Gasteiger partial charge in [0.05, 0.1) is 31.3 Å². The molecule has 11 heteroatoms. The Balaban J connectivity index is 1.59. The maximum Gasteiger partial charge on any atom is 0.408 e. The van der Waals surface area contributed by atoms with E-state index in [1.807, 2.05) is 54.5 Å². The van der Waals surface area contributed by atoms with Crippen LogP contribution in [0.15, 0.2) is 37.4 Å². The molecule has 1 saturated carbocycles. The monoisotopic (exact) mass is 664 g/mol. The second-order valence-electron chi connectivity index (χ2n) is 14.7. The number of hydrogen-bond donors (Lipinski definition) is 1. The van der Waals surface area contributed by atoms with Gasteiger partial charge in [0, 0.05) is 17.9 Å². The topological polar surface area (TPSA) is 129 Å². The fourth-order valence-electron chi connectivity index (χ4n) is 6.18. The lowest BCUT2D eigenvalue weighted by molar-refractivity contribution is -0.156. The second-order valence-corrected chi connectivity index (χ2v) is 14.7. The van der Waals surface area contributed by atoms with E-state index >= 15 is 0 Å². The molecular formula is C37H52N4O7. The number of carbonyl (C=O) groups excluding carboxylic acids is 3. The van der Waals surface area contributed by atoms with Crippen LogP contribution in [0.5, 0.6) is 11.6 Å². The van der Waals surface area contributed by atoms with Crippen molar-refractivity contribution in [3.8, 4) is 11.6 Å². The molecule has 1 N–H and O–H groups in total. The van der Waals surface area contributed by atoms with E-state index in [1.54, 1.807) is 31.4 Å². The second kappa shape index (κ2) is 15.0. The quantitative estimate of drug-likeness (QED) is 0.140. The van der Waals surface area contributed by atoms with E-state index in [0.29, 0.717) is 22.5 Å². The van der Waals surface area contributed by atoms with E-state index in [1.165, 1.54) is 4.90 Å². The Labute approximate surface area is 284 Å². The van der Waals surface area contributed by atoms with Crippen LogP contribution < -0.4 is 14.8 Å². The van der Waals surface area contributed by atoms with Crippen LogP contribution in [-0.2, 0) is 19.1 Å². The number of carbonyl (C=O) groups is 3. The van der Waals surface area contributed by atoms with Crippen LogP contribution in [0.3, 0.4) is 0 Å². The molecule has 2 heterocycles. The van der Waals surface area contributed by atoms with Crippen LogP contribution in [0, 0.1) is 23.2 Å². The molecule has 4 rings (SSSR count). The summed E-state index contributed by atoms with van der Waals surface area (Å²) in [5, 5.41) is 2.85. The lowest BCUT2D eigenvalue weighted by Crippen LogP contribution is -2.57. The number of unbranched alkanes of at least 4 members (excludes halogenated alkanes) is 1. The van der Waals surface area contributed by atoms with Crippen molar-refractivity contribution in [3.63, 3.8) is 0 Å².